The van der Waals surface area contributed by atoms with Gasteiger partial charge in [0.1, 0.15) is 16.0 Å². The van der Waals surface area contributed by atoms with Gasteiger partial charge >= 0.3 is 6.09 Å². The highest BCUT2D eigenvalue weighted by molar-refractivity contribution is 7.93. The molecule has 0 radical (unpaired) electrons. The van der Waals surface area contributed by atoms with Crippen LogP contribution in [0.25, 0.3) is 11.1 Å². The molecule has 3 heterocycles. The van der Waals surface area contributed by atoms with Crippen molar-refractivity contribution in [3.63, 3.8) is 0 Å². The van der Waals surface area contributed by atoms with E-state index < -0.39 is 15.9 Å². The molecule has 0 aliphatic rings. The largest absolute Gasteiger partial charge is 0.444 e. The molecule has 1 amide bonds. The molecule has 0 spiro atoms. The van der Waals surface area contributed by atoms with Crippen molar-refractivity contribution < 1.29 is 17.9 Å². The highest BCUT2D eigenvalue weighted by Crippen LogP contribution is 2.40. The number of nitrogens with one attached hydrogen (secondary N) is 1. The number of nitrogens with zero attached hydrogens (tertiary/aromatic N) is 2. The van der Waals surface area contributed by atoms with Gasteiger partial charge < -0.3 is 10.1 Å². The van der Waals surface area contributed by atoms with E-state index in [0.29, 0.717) is 16.0 Å². The molecule has 140 valence electrons. The summed E-state index contributed by atoms with van der Waals surface area (Å²) in [7, 11) is -2.40. The fourth-order valence-electron chi connectivity index (χ4n) is 2.29. The molecule has 27 heavy (non-hydrogen) atoms. The summed E-state index contributed by atoms with van der Waals surface area (Å²) in [6, 6.07) is 8.01. The summed E-state index contributed by atoms with van der Waals surface area (Å²) in [5.41, 5.74) is 0.876. The first-order chi connectivity index (χ1) is 12.9. The third kappa shape index (κ3) is 4.10. The van der Waals surface area contributed by atoms with Gasteiger partial charge in [-0.25, -0.2) is 18.2 Å². The second-order valence-corrected chi connectivity index (χ2v) is 8.91. The van der Waals surface area contributed by atoms with Gasteiger partial charge in [0.2, 0.25) is 9.84 Å². The zero-order valence-corrected chi connectivity index (χ0v) is 16.4. The first kappa shape index (κ1) is 19.3. The number of pyridine rings is 2. The average molecular weight is 424 g/mol. The summed E-state index contributed by atoms with van der Waals surface area (Å²) in [5, 5.41) is 2.52. The van der Waals surface area contributed by atoms with Gasteiger partial charge in [-0.15, -0.1) is 11.3 Å². The number of carbonyl (C=O) groups excluding carboxylic acids is 1. The van der Waals surface area contributed by atoms with E-state index in [9.17, 15) is 13.2 Å². The minimum Gasteiger partial charge on any atom is -0.444 e. The molecule has 0 bridgehead atoms. The van der Waals surface area contributed by atoms with Crippen LogP contribution in [-0.2, 0) is 21.2 Å². The quantitative estimate of drug-likeness (QED) is 0.630. The molecular formula is C17H14ClN3O4S2. The Morgan fingerprint density at radius 2 is 2.04 bits per heavy atom. The Kier molecular flexibility index (Phi) is 5.73. The van der Waals surface area contributed by atoms with E-state index in [2.05, 4.69) is 15.3 Å². The number of rotatable bonds is 5. The fourth-order valence-corrected chi connectivity index (χ4v) is 5.50. The normalized spacial score (nSPS) is 11.2. The molecule has 3 aromatic rings. The average Bonchev–Trinajstić information content (AvgIpc) is 3.12. The molecular weight excluding hydrogens is 410 g/mol. The summed E-state index contributed by atoms with van der Waals surface area (Å²) in [4.78, 5) is 19.8. The number of amides is 1. The van der Waals surface area contributed by atoms with Crippen LogP contribution in [0.4, 0.5) is 4.79 Å². The monoisotopic (exact) mass is 423 g/mol. The van der Waals surface area contributed by atoms with Crippen molar-refractivity contribution in [2.24, 2.45) is 0 Å². The summed E-state index contributed by atoms with van der Waals surface area (Å²) < 4.78 is 31.4. The van der Waals surface area contributed by atoms with Gasteiger partial charge in [0.25, 0.3) is 0 Å². The fraction of sp³-hybridized carbons (Fsp3) is 0.118. The first-order valence-corrected chi connectivity index (χ1v) is 10.3. The number of alkyl carbamates (subject to hydrolysis) is 1. The molecule has 0 fully saturated rings. The lowest BCUT2D eigenvalue weighted by Crippen LogP contribution is -2.18. The van der Waals surface area contributed by atoms with Crippen molar-refractivity contribution in [1.82, 2.24) is 15.3 Å². The van der Waals surface area contributed by atoms with E-state index in [4.69, 9.17) is 16.3 Å². The van der Waals surface area contributed by atoms with Crippen LogP contribution in [0.15, 0.2) is 58.0 Å². The minimum absolute atomic E-state index is 0.0619. The lowest BCUT2D eigenvalue weighted by atomic mass is 10.1. The number of hydrogen-bond donors (Lipinski definition) is 1. The number of ether oxygens (including phenoxy) is 1. The molecule has 0 atom stereocenters. The predicted molar refractivity (Wildman–Crippen MR) is 101 cm³/mol. The maximum Gasteiger partial charge on any atom is 0.407 e. The Bertz CT molecular complexity index is 1070. The lowest BCUT2D eigenvalue weighted by Gasteiger charge is -2.06. The van der Waals surface area contributed by atoms with Crippen molar-refractivity contribution >= 4 is 38.9 Å². The third-order valence-electron chi connectivity index (χ3n) is 3.54. The van der Waals surface area contributed by atoms with Crippen molar-refractivity contribution in [3.05, 3.63) is 59.0 Å². The Balaban J connectivity index is 2.12. The molecule has 0 aliphatic carbocycles. The zero-order valence-electron chi connectivity index (χ0n) is 14.0. The van der Waals surface area contributed by atoms with Gasteiger partial charge in [-0.3, -0.25) is 4.98 Å². The van der Waals surface area contributed by atoms with Crippen LogP contribution in [-0.4, -0.2) is 31.5 Å². The highest BCUT2D eigenvalue weighted by atomic mass is 35.5. The zero-order chi connectivity index (χ0) is 19.4. The number of carbonyl (C=O) groups is 1. The smallest absolute Gasteiger partial charge is 0.407 e. The summed E-state index contributed by atoms with van der Waals surface area (Å²) >= 11 is 7.19. The summed E-state index contributed by atoms with van der Waals surface area (Å²) in [6.45, 7) is -0.0716. The van der Waals surface area contributed by atoms with Crippen molar-refractivity contribution in [1.29, 1.82) is 0 Å². The molecule has 3 rings (SSSR count). The maximum atomic E-state index is 13.1. The molecule has 0 unspecified atom stereocenters. The molecule has 10 heteroatoms. The highest BCUT2D eigenvalue weighted by Gasteiger charge is 2.27. The van der Waals surface area contributed by atoms with E-state index in [-0.39, 0.29) is 20.9 Å². The van der Waals surface area contributed by atoms with Crippen molar-refractivity contribution in [3.8, 4) is 11.1 Å². The second kappa shape index (κ2) is 8.03. The van der Waals surface area contributed by atoms with Gasteiger partial charge in [0.05, 0.1) is 4.90 Å². The Morgan fingerprint density at radius 1 is 1.26 bits per heavy atom. The number of aromatic nitrogens is 2. The maximum absolute atomic E-state index is 13.1. The summed E-state index contributed by atoms with van der Waals surface area (Å²) in [6.07, 6.45) is 3.68. The Morgan fingerprint density at radius 3 is 2.70 bits per heavy atom. The number of thiophene rings is 1. The third-order valence-corrected chi connectivity index (χ3v) is 7.22. The van der Waals surface area contributed by atoms with Crippen LogP contribution < -0.4 is 5.32 Å². The lowest BCUT2D eigenvalue weighted by molar-refractivity contribution is 0.143. The molecule has 7 nitrogen and oxygen atoms in total. The SMILES string of the molecule is CNC(=O)OCc1cc(-c2cccnc2Cl)c(S(=O)(=O)c2cccnc2)s1. The van der Waals surface area contributed by atoms with Crippen LogP contribution >= 0.6 is 22.9 Å². The van der Waals surface area contributed by atoms with Gasteiger partial charge in [0, 0.05) is 41.6 Å². The topological polar surface area (TPSA) is 98.2 Å². The van der Waals surface area contributed by atoms with Crippen molar-refractivity contribution in [2.45, 2.75) is 15.7 Å². The molecule has 0 saturated heterocycles. The van der Waals surface area contributed by atoms with E-state index >= 15 is 0 Å². The van der Waals surface area contributed by atoms with Crippen LogP contribution in [0.1, 0.15) is 4.88 Å². The van der Waals surface area contributed by atoms with E-state index in [1.807, 2.05) is 0 Å². The predicted octanol–water partition coefficient (Wildman–Crippen LogP) is 3.55. The van der Waals surface area contributed by atoms with Gasteiger partial charge in [0.15, 0.2) is 0 Å². The molecule has 3 aromatic heterocycles. The number of hydrogen-bond acceptors (Lipinski definition) is 7. The first-order valence-electron chi connectivity index (χ1n) is 7.66. The molecule has 0 saturated carbocycles. The van der Waals surface area contributed by atoms with Crippen LogP contribution in [0.3, 0.4) is 0 Å². The van der Waals surface area contributed by atoms with E-state index in [0.717, 1.165) is 11.3 Å². The molecule has 0 aliphatic heterocycles. The standard InChI is InChI=1S/C17H14ClN3O4S2/c1-19-17(22)25-10-11-8-14(13-5-3-7-21-15(13)18)16(26-11)27(23,24)12-4-2-6-20-9-12/h2-9H,10H2,1H3,(H,19,22). The van der Waals surface area contributed by atoms with Crippen LogP contribution in [0.2, 0.25) is 5.15 Å². The minimum atomic E-state index is -3.84. The van der Waals surface area contributed by atoms with Gasteiger partial charge in [-0.2, -0.15) is 0 Å². The van der Waals surface area contributed by atoms with Crippen LogP contribution in [0.5, 0.6) is 0 Å². The Labute approximate surface area is 164 Å². The van der Waals surface area contributed by atoms with E-state index in [1.165, 1.54) is 31.7 Å². The summed E-state index contributed by atoms with van der Waals surface area (Å²) in [5.74, 6) is 0. The van der Waals surface area contributed by atoms with Crippen LogP contribution in [0, 0.1) is 0 Å². The molecule has 0 aromatic carbocycles. The van der Waals surface area contributed by atoms with E-state index in [1.54, 1.807) is 24.3 Å². The van der Waals surface area contributed by atoms with Gasteiger partial charge in [-0.1, -0.05) is 11.6 Å². The second-order valence-electron chi connectivity index (χ2n) is 5.27. The number of sulfone groups is 1. The van der Waals surface area contributed by atoms with Crippen molar-refractivity contribution in [2.75, 3.05) is 7.05 Å². The Hall–Kier alpha value is -2.49. The molecule has 1 N–H and O–H groups in total. The van der Waals surface area contributed by atoms with Gasteiger partial charge in [-0.05, 0) is 30.3 Å². The number of halogens is 1.